The lowest BCUT2D eigenvalue weighted by Crippen LogP contribution is -2.32. The summed E-state index contributed by atoms with van der Waals surface area (Å²) in [5.74, 6) is -0.208. The molecule has 18 heavy (non-hydrogen) atoms. The van der Waals surface area contributed by atoms with Gasteiger partial charge < -0.3 is 14.4 Å². The van der Waals surface area contributed by atoms with Crippen LogP contribution in [0.4, 0.5) is 0 Å². The Bertz CT molecular complexity index is 452. The van der Waals surface area contributed by atoms with E-state index in [4.69, 9.17) is 9.52 Å². The number of nitrogens with zero attached hydrogens (tertiary/aromatic N) is 1. The SMILES string of the molecule is CC1CCC(=O)N1CCCc1ccc(C(=O)O)o1. The first-order valence-electron chi connectivity index (χ1n) is 6.19. The van der Waals surface area contributed by atoms with Gasteiger partial charge in [-0.3, -0.25) is 4.79 Å². The first-order valence-corrected chi connectivity index (χ1v) is 6.19. The van der Waals surface area contributed by atoms with E-state index in [9.17, 15) is 9.59 Å². The van der Waals surface area contributed by atoms with Crippen LogP contribution in [0.15, 0.2) is 16.5 Å². The standard InChI is InChI=1S/C13H17NO4/c1-9-4-7-12(15)14(9)8-2-3-10-5-6-11(18-10)13(16)17/h5-6,9H,2-4,7-8H2,1H3,(H,16,17). The lowest BCUT2D eigenvalue weighted by atomic mass is 10.2. The van der Waals surface area contributed by atoms with Crippen LogP contribution < -0.4 is 0 Å². The number of aromatic carboxylic acids is 1. The molecule has 1 aromatic rings. The minimum Gasteiger partial charge on any atom is -0.475 e. The fourth-order valence-corrected chi connectivity index (χ4v) is 2.27. The number of rotatable bonds is 5. The minimum atomic E-state index is -1.05. The molecular formula is C13H17NO4. The molecule has 1 amide bonds. The molecule has 5 heteroatoms. The van der Waals surface area contributed by atoms with Gasteiger partial charge >= 0.3 is 5.97 Å². The second-order valence-corrected chi connectivity index (χ2v) is 4.65. The average Bonchev–Trinajstić information content (AvgIpc) is 2.90. The van der Waals surface area contributed by atoms with Crippen LogP contribution >= 0.6 is 0 Å². The highest BCUT2D eigenvalue weighted by molar-refractivity contribution is 5.84. The van der Waals surface area contributed by atoms with Crippen molar-refractivity contribution in [1.29, 1.82) is 0 Å². The first-order chi connectivity index (χ1) is 8.58. The second-order valence-electron chi connectivity index (χ2n) is 4.65. The summed E-state index contributed by atoms with van der Waals surface area (Å²) in [4.78, 5) is 24.1. The number of furan rings is 1. The number of hydrogen-bond donors (Lipinski definition) is 1. The molecule has 1 aliphatic rings. The summed E-state index contributed by atoms with van der Waals surface area (Å²) in [5, 5.41) is 8.72. The van der Waals surface area contributed by atoms with Gasteiger partial charge in [-0.2, -0.15) is 0 Å². The zero-order valence-electron chi connectivity index (χ0n) is 10.4. The Kier molecular flexibility index (Phi) is 3.69. The molecule has 0 radical (unpaired) electrons. The smallest absolute Gasteiger partial charge is 0.371 e. The minimum absolute atomic E-state index is 0.0318. The molecule has 1 aliphatic heterocycles. The Labute approximate surface area is 105 Å². The fraction of sp³-hybridized carbons (Fsp3) is 0.538. The third-order valence-electron chi connectivity index (χ3n) is 3.32. The van der Waals surface area contributed by atoms with Crippen LogP contribution in [0.2, 0.25) is 0 Å². The van der Waals surface area contributed by atoms with Gasteiger partial charge in [-0.1, -0.05) is 0 Å². The van der Waals surface area contributed by atoms with Crippen molar-refractivity contribution in [3.8, 4) is 0 Å². The number of likely N-dealkylation sites (tertiary alicyclic amines) is 1. The van der Waals surface area contributed by atoms with Gasteiger partial charge in [0, 0.05) is 25.4 Å². The number of carbonyl (C=O) groups excluding carboxylic acids is 1. The monoisotopic (exact) mass is 251 g/mol. The topological polar surface area (TPSA) is 70.8 Å². The second kappa shape index (κ2) is 5.25. The maximum atomic E-state index is 11.5. The van der Waals surface area contributed by atoms with Crippen LogP contribution in [-0.2, 0) is 11.2 Å². The molecule has 98 valence electrons. The summed E-state index contributed by atoms with van der Waals surface area (Å²) in [7, 11) is 0. The predicted octanol–water partition coefficient (Wildman–Crippen LogP) is 1.92. The maximum absolute atomic E-state index is 11.5. The van der Waals surface area contributed by atoms with Gasteiger partial charge in [0.05, 0.1) is 0 Å². The summed E-state index contributed by atoms with van der Waals surface area (Å²) in [6.45, 7) is 2.77. The van der Waals surface area contributed by atoms with Crippen LogP contribution in [-0.4, -0.2) is 34.5 Å². The quantitative estimate of drug-likeness (QED) is 0.867. The average molecular weight is 251 g/mol. The van der Waals surface area contributed by atoms with Crippen molar-refractivity contribution in [2.75, 3.05) is 6.54 Å². The molecule has 1 fully saturated rings. The summed E-state index contributed by atoms with van der Waals surface area (Å²) in [6.07, 6.45) is 3.03. The van der Waals surface area contributed by atoms with Gasteiger partial charge in [0.1, 0.15) is 5.76 Å². The molecule has 0 aliphatic carbocycles. The van der Waals surface area contributed by atoms with Crippen molar-refractivity contribution in [2.45, 2.75) is 38.6 Å². The van der Waals surface area contributed by atoms with Crippen molar-refractivity contribution >= 4 is 11.9 Å². The van der Waals surface area contributed by atoms with E-state index in [1.54, 1.807) is 6.07 Å². The summed E-state index contributed by atoms with van der Waals surface area (Å²) in [5.41, 5.74) is 0. The molecule has 1 N–H and O–H groups in total. The van der Waals surface area contributed by atoms with E-state index in [1.807, 2.05) is 4.90 Å². The lowest BCUT2D eigenvalue weighted by molar-refractivity contribution is -0.128. The van der Waals surface area contributed by atoms with Gasteiger partial charge in [-0.15, -0.1) is 0 Å². The van der Waals surface area contributed by atoms with Gasteiger partial charge in [0.15, 0.2) is 0 Å². The van der Waals surface area contributed by atoms with Crippen LogP contribution in [0, 0.1) is 0 Å². The normalized spacial score (nSPS) is 19.5. The Hall–Kier alpha value is -1.78. The summed E-state index contributed by atoms with van der Waals surface area (Å²) >= 11 is 0. The van der Waals surface area contributed by atoms with Crippen LogP contribution in [0.5, 0.6) is 0 Å². The zero-order chi connectivity index (χ0) is 13.1. The fourth-order valence-electron chi connectivity index (χ4n) is 2.27. The van der Waals surface area contributed by atoms with E-state index in [-0.39, 0.29) is 11.7 Å². The van der Waals surface area contributed by atoms with Crippen LogP contribution in [0.1, 0.15) is 42.5 Å². The maximum Gasteiger partial charge on any atom is 0.371 e. The molecular weight excluding hydrogens is 234 g/mol. The predicted molar refractivity (Wildman–Crippen MR) is 64.4 cm³/mol. The number of hydrogen-bond acceptors (Lipinski definition) is 3. The number of aryl methyl sites for hydroxylation is 1. The Morgan fingerprint density at radius 2 is 2.33 bits per heavy atom. The molecule has 0 saturated carbocycles. The largest absolute Gasteiger partial charge is 0.475 e. The number of carboxylic acid groups (broad SMARTS) is 1. The molecule has 5 nitrogen and oxygen atoms in total. The Morgan fingerprint density at radius 3 is 2.89 bits per heavy atom. The third kappa shape index (κ3) is 2.72. The van der Waals surface area contributed by atoms with E-state index >= 15 is 0 Å². The third-order valence-corrected chi connectivity index (χ3v) is 3.32. The van der Waals surface area contributed by atoms with Gasteiger partial charge in [-0.05, 0) is 31.9 Å². The molecule has 2 heterocycles. The summed E-state index contributed by atoms with van der Waals surface area (Å²) in [6, 6.07) is 3.46. The first kappa shape index (κ1) is 12.7. The number of amides is 1. The highest BCUT2D eigenvalue weighted by Gasteiger charge is 2.26. The van der Waals surface area contributed by atoms with Crippen molar-refractivity contribution in [3.05, 3.63) is 23.7 Å². The van der Waals surface area contributed by atoms with E-state index in [0.29, 0.717) is 31.2 Å². The molecule has 0 aromatic carbocycles. The molecule has 0 bridgehead atoms. The molecule has 1 saturated heterocycles. The highest BCUT2D eigenvalue weighted by Crippen LogP contribution is 2.19. The molecule has 1 atom stereocenters. The van der Waals surface area contributed by atoms with Crippen molar-refractivity contribution in [1.82, 2.24) is 4.90 Å². The number of carbonyl (C=O) groups is 2. The van der Waals surface area contributed by atoms with Crippen molar-refractivity contribution < 1.29 is 19.1 Å². The molecule has 1 unspecified atom stereocenters. The van der Waals surface area contributed by atoms with Crippen molar-refractivity contribution in [2.24, 2.45) is 0 Å². The number of carboxylic acids is 1. The summed E-state index contributed by atoms with van der Waals surface area (Å²) < 4.78 is 5.16. The zero-order valence-corrected chi connectivity index (χ0v) is 10.4. The Morgan fingerprint density at radius 1 is 1.56 bits per heavy atom. The van der Waals surface area contributed by atoms with Crippen molar-refractivity contribution in [3.63, 3.8) is 0 Å². The van der Waals surface area contributed by atoms with Gasteiger partial charge in [0.25, 0.3) is 0 Å². The molecule has 0 spiro atoms. The Balaban J connectivity index is 1.81. The van der Waals surface area contributed by atoms with Gasteiger partial charge in [0.2, 0.25) is 11.7 Å². The van der Waals surface area contributed by atoms with E-state index in [2.05, 4.69) is 6.92 Å². The molecule has 2 rings (SSSR count). The van der Waals surface area contributed by atoms with E-state index < -0.39 is 5.97 Å². The van der Waals surface area contributed by atoms with Crippen LogP contribution in [0.3, 0.4) is 0 Å². The van der Waals surface area contributed by atoms with E-state index in [0.717, 1.165) is 12.8 Å². The van der Waals surface area contributed by atoms with Gasteiger partial charge in [-0.25, -0.2) is 4.79 Å². The van der Waals surface area contributed by atoms with E-state index in [1.165, 1.54) is 6.07 Å². The lowest BCUT2D eigenvalue weighted by Gasteiger charge is -2.21. The molecule has 1 aromatic heterocycles. The van der Waals surface area contributed by atoms with Crippen LogP contribution in [0.25, 0.3) is 0 Å². The highest BCUT2D eigenvalue weighted by atomic mass is 16.4.